The first kappa shape index (κ1) is 19.4. The first-order valence-electron chi connectivity index (χ1n) is 7.53. The summed E-state index contributed by atoms with van der Waals surface area (Å²) >= 11 is 0. The lowest BCUT2D eigenvalue weighted by Gasteiger charge is -2.17. The van der Waals surface area contributed by atoms with E-state index in [1.807, 2.05) is 13.1 Å². The van der Waals surface area contributed by atoms with Gasteiger partial charge in [-0.2, -0.15) is 5.10 Å². The minimum absolute atomic E-state index is 0. The van der Waals surface area contributed by atoms with Crippen LogP contribution in [0.15, 0.2) is 41.7 Å². The number of nitrogens with zero attached hydrogens (tertiary/aromatic N) is 4. The van der Waals surface area contributed by atoms with Gasteiger partial charge in [-0.15, -0.1) is 24.0 Å². The second-order valence-electron chi connectivity index (χ2n) is 5.30. The van der Waals surface area contributed by atoms with Crippen molar-refractivity contribution in [2.45, 2.75) is 32.4 Å². The average Bonchev–Trinajstić information content (AvgIpc) is 2.95. The molecule has 0 spiro atoms. The maximum Gasteiger partial charge on any atom is 0.191 e. The van der Waals surface area contributed by atoms with Crippen molar-refractivity contribution in [2.75, 3.05) is 7.05 Å². The fourth-order valence-corrected chi connectivity index (χ4v) is 2.17. The Hall–Kier alpha value is -1.64. The summed E-state index contributed by atoms with van der Waals surface area (Å²) in [6, 6.07) is 10.9. The van der Waals surface area contributed by atoms with Crippen molar-refractivity contribution < 1.29 is 0 Å². The van der Waals surface area contributed by atoms with Crippen LogP contribution >= 0.6 is 24.0 Å². The number of halogens is 1. The van der Waals surface area contributed by atoms with Crippen LogP contribution in [0.3, 0.4) is 0 Å². The van der Waals surface area contributed by atoms with Crippen molar-refractivity contribution >= 4 is 29.9 Å². The summed E-state index contributed by atoms with van der Waals surface area (Å²) in [5, 5.41) is 10.7. The zero-order chi connectivity index (χ0) is 15.8. The Labute approximate surface area is 154 Å². The fraction of sp³-hybridized carbons (Fsp3) is 0.438. The van der Waals surface area contributed by atoms with E-state index >= 15 is 0 Å². The Morgan fingerprint density at radius 1 is 1.30 bits per heavy atom. The van der Waals surface area contributed by atoms with Crippen LogP contribution in [0.1, 0.15) is 24.7 Å². The van der Waals surface area contributed by atoms with Gasteiger partial charge in [0.25, 0.3) is 0 Å². The van der Waals surface area contributed by atoms with Crippen LogP contribution in [0.2, 0.25) is 0 Å². The predicted molar refractivity (Wildman–Crippen MR) is 104 cm³/mol. The maximum atomic E-state index is 4.25. The molecule has 1 aromatic heterocycles. The van der Waals surface area contributed by atoms with Crippen molar-refractivity contribution in [3.63, 3.8) is 0 Å². The van der Waals surface area contributed by atoms with Gasteiger partial charge in [0, 0.05) is 20.1 Å². The molecule has 6 nitrogen and oxygen atoms in total. The molecule has 0 saturated carbocycles. The van der Waals surface area contributed by atoms with E-state index in [0.717, 1.165) is 24.6 Å². The number of aliphatic imine (C=N–C) groups is 1. The minimum Gasteiger partial charge on any atom is -0.354 e. The van der Waals surface area contributed by atoms with Gasteiger partial charge >= 0.3 is 0 Å². The Balaban J connectivity index is 0.00000264. The zero-order valence-electron chi connectivity index (χ0n) is 13.9. The minimum atomic E-state index is 0. The molecule has 1 atom stereocenters. The van der Waals surface area contributed by atoms with Gasteiger partial charge in [0.2, 0.25) is 0 Å². The average molecular weight is 428 g/mol. The molecule has 0 aliphatic carbocycles. The van der Waals surface area contributed by atoms with E-state index in [9.17, 15) is 0 Å². The van der Waals surface area contributed by atoms with Crippen LogP contribution in [0.5, 0.6) is 0 Å². The number of hydrogen-bond donors (Lipinski definition) is 2. The number of guanidine groups is 1. The number of hydrogen-bond acceptors (Lipinski definition) is 3. The van der Waals surface area contributed by atoms with Crippen molar-refractivity contribution in [3.05, 3.63) is 48.0 Å². The molecule has 0 aliphatic rings. The molecule has 0 amide bonds. The molecule has 7 heteroatoms. The molecule has 2 N–H and O–H groups in total. The number of aromatic nitrogens is 3. The normalized spacial score (nSPS) is 12.4. The molecule has 0 saturated heterocycles. The van der Waals surface area contributed by atoms with Crippen molar-refractivity contribution in [1.29, 1.82) is 0 Å². The lowest BCUT2D eigenvalue weighted by atomic mass is 10.1. The van der Waals surface area contributed by atoms with E-state index in [1.165, 1.54) is 5.56 Å². The summed E-state index contributed by atoms with van der Waals surface area (Å²) in [4.78, 5) is 8.43. The van der Waals surface area contributed by atoms with Gasteiger partial charge in [-0.05, 0) is 25.3 Å². The second-order valence-corrected chi connectivity index (χ2v) is 5.30. The van der Waals surface area contributed by atoms with Crippen LogP contribution in [0.25, 0.3) is 0 Å². The number of rotatable bonds is 6. The van der Waals surface area contributed by atoms with Crippen LogP contribution in [0, 0.1) is 0 Å². The monoisotopic (exact) mass is 428 g/mol. The summed E-state index contributed by atoms with van der Waals surface area (Å²) in [5.41, 5.74) is 1.36. The third-order valence-electron chi connectivity index (χ3n) is 3.53. The molecule has 2 aromatic rings. The summed E-state index contributed by atoms with van der Waals surface area (Å²) in [5.74, 6) is 1.66. The third-order valence-corrected chi connectivity index (χ3v) is 3.53. The molecule has 1 heterocycles. The van der Waals surface area contributed by atoms with Gasteiger partial charge in [-0.3, -0.25) is 9.67 Å². The van der Waals surface area contributed by atoms with E-state index < -0.39 is 0 Å². The van der Waals surface area contributed by atoms with Crippen LogP contribution in [0.4, 0.5) is 0 Å². The largest absolute Gasteiger partial charge is 0.354 e. The molecule has 0 radical (unpaired) electrons. The molecule has 0 fully saturated rings. The predicted octanol–water partition coefficient (Wildman–Crippen LogP) is 2.12. The van der Waals surface area contributed by atoms with E-state index in [2.05, 4.69) is 56.9 Å². The molecule has 0 aliphatic heterocycles. The smallest absolute Gasteiger partial charge is 0.191 e. The summed E-state index contributed by atoms with van der Waals surface area (Å²) in [6.45, 7) is 2.76. The first-order valence-corrected chi connectivity index (χ1v) is 7.53. The fourth-order valence-electron chi connectivity index (χ4n) is 2.17. The van der Waals surface area contributed by atoms with Gasteiger partial charge in [0.05, 0.1) is 6.54 Å². The molecular weight excluding hydrogens is 403 g/mol. The highest BCUT2D eigenvalue weighted by Gasteiger charge is 2.07. The Bertz CT molecular complexity index is 596. The van der Waals surface area contributed by atoms with E-state index in [1.54, 1.807) is 18.1 Å². The number of nitrogens with one attached hydrogen (secondary N) is 2. The SMILES string of the molecule is CN=C(NCc1ncnn1C)NC(C)CCc1ccccc1.I. The van der Waals surface area contributed by atoms with Crippen molar-refractivity contribution in [1.82, 2.24) is 25.4 Å². The lowest BCUT2D eigenvalue weighted by Crippen LogP contribution is -2.42. The molecule has 23 heavy (non-hydrogen) atoms. The molecule has 0 bridgehead atoms. The highest BCUT2D eigenvalue weighted by molar-refractivity contribution is 14.0. The van der Waals surface area contributed by atoms with Gasteiger partial charge in [0.1, 0.15) is 12.2 Å². The van der Waals surface area contributed by atoms with Gasteiger partial charge < -0.3 is 10.6 Å². The topological polar surface area (TPSA) is 67.1 Å². The third kappa shape index (κ3) is 6.55. The second kappa shape index (κ2) is 10.2. The Morgan fingerprint density at radius 3 is 2.65 bits per heavy atom. The van der Waals surface area contributed by atoms with E-state index in [0.29, 0.717) is 12.6 Å². The van der Waals surface area contributed by atoms with E-state index in [-0.39, 0.29) is 24.0 Å². The van der Waals surface area contributed by atoms with Gasteiger partial charge in [0.15, 0.2) is 5.96 Å². The van der Waals surface area contributed by atoms with Gasteiger partial charge in [-0.25, -0.2) is 4.98 Å². The van der Waals surface area contributed by atoms with Crippen molar-refractivity contribution in [3.8, 4) is 0 Å². The first-order chi connectivity index (χ1) is 10.7. The molecular formula is C16H25IN6. The van der Waals surface area contributed by atoms with Crippen LogP contribution in [-0.2, 0) is 20.0 Å². The summed E-state index contributed by atoms with van der Waals surface area (Å²) in [6.07, 6.45) is 3.65. The standard InChI is InChI=1S/C16H24N6.HI/c1-13(9-10-14-7-5-4-6-8-14)21-16(17-2)18-11-15-19-12-20-22(15)3;/h4-8,12-13H,9-11H2,1-3H3,(H2,17,18,21);1H. The molecule has 2 rings (SSSR count). The van der Waals surface area contributed by atoms with Crippen LogP contribution < -0.4 is 10.6 Å². The van der Waals surface area contributed by atoms with Gasteiger partial charge in [-0.1, -0.05) is 30.3 Å². The lowest BCUT2D eigenvalue weighted by molar-refractivity contribution is 0.588. The zero-order valence-corrected chi connectivity index (χ0v) is 16.2. The quantitative estimate of drug-likeness (QED) is 0.420. The highest BCUT2D eigenvalue weighted by Crippen LogP contribution is 2.04. The Morgan fingerprint density at radius 2 is 2.04 bits per heavy atom. The van der Waals surface area contributed by atoms with Crippen molar-refractivity contribution in [2.24, 2.45) is 12.0 Å². The maximum absolute atomic E-state index is 4.25. The number of benzene rings is 1. The van der Waals surface area contributed by atoms with Crippen LogP contribution in [-0.4, -0.2) is 33.8 Å². The highest BCUT2D eigenvalue weighted by atomic mass is 127. The summed E-state index contributed by atoms with van der Waals surface area (Å²) in [7, 11) is 3.65. The Kier molecular flexibility index (Phi) is 8.60. The summed E-state index contributed by atoms with van der Waals surface area (Å²) < 4.78 is 1.75. The molecule has 1 unspecified atom stereocenters. The molecule has 1 aromatic carbocycles. The molecule has 126 valence electrons. The van der Waals surface area contributed by atoms with E-state index in [4.69, 9.17) is 0 Å². The number of aryl methyl sites for hydroxylation is 2.